The second kappa shape index (κ2) is 9.07. The van der Waals surface area contributed by atoms with Gasteiger partial charge in [0.15, 0.2) is 0 Å². The van der Waals surface area contributed by atoms with Crippen LogP contribution in [-0.4, -0.2) is 17.4 Å². The summed E-state index contributed by atoms with van der Waals surface area (Å²) >= 11 is 0. The Balaban J connectivity index is 1.43. The Bertz CT molecular complexity index is 1330. The molecule has 0 saturated carbocycles. The zero-order valence-electron chi connectivity index (χ0n) is 18.1. The molecule has 3 aromatic carbocycles. The smallest absolute Gasteiger partial charge is 0.251 e. The Morgan fingerprint density at radius 1 is 1.06 bits per heavy atom. The van der Waals surface area contributed by atoms with Gasteiger partial charge >= 0.3 is 0 Å². The molecule has 4 nitrogen and oxygen atoms in total. The van der Waals surface area contributed by atoms with E-state index in [4.69, 9.17) is 5.26 Å². The van der Waals surface area contributed by atoms with Crippen LogP contribution in [0.15, 0.2) is 60.7 Å². The molecule has 32 heavy (non-hydrogen) atoms. The fraction of sp³-hybridized carbons (Fsp3) is 0.185. The lowest BCUT2D eigenvalue weighted by atomic mass is 10.0. The Labute approximate surface area is 186 Å². The topological polar surface area (TPSA) is 68.7 Å². The van der Waals surface area contributed by atoms with Gasteiger partial charge in [-0.15, -0.1) is 0 Å². The number of carbonyl (C=O) groups is 1. The third-order valence-corrected chi connectivity index (χ3v) is 5.78. The molecule has 4 aromatic rings. The monoisotopic (exact) mass is 425 g/mol. The Hall–Kier alpha value is -3.91. The minimum atomic E-state index is -0.262. The van der Waals surface area contributed by atoms with Gasteiger partial charge in [-0.05, 0) is 66.3 Å². The average molecular weight is 426 g/mol. The van der Waals surface area contributed by atoms with E-state index in [1.807, 2.05) is 50.2 Å². The maximum absolute atomic E-state index is 14.1. The number of aromatic nitrogens is 1. The molecule has 0 unspecified atom stereocenters. The molecule has 0 spiro atoms. The molecule has 0 fully saturated rings. The number of H-pyrrole nitrogens is 1. The number of hydrogen-bond donors (Lipinski definition) is 2. The van der Waals surface area contributed by atoms with Crippen molar-refractivity contribution < 1.29 is 9.18 Å². The minimum absolute atomic E-state index is 0.143. The highest BCUT2D eigenvalue weighted by Crippen LogP contribution is 2.28. The summed E-state index contributed by atoms with van der Waals surface area (Å²) < 4.78 is 14.1. The van der Waals surface area contributed by atoms with Gasteiger partial charge in [-0.1, -0.05) is 42.5 Å². The summed E-state index contributed by atoms with van der Waals surface area (Å²) in [7, 11) is 0. The molecule has 0 aliphatic carbocycles. The minimum Gasteiger partial charge on any atom is -0.356 e. The SMILES string of the molecule is Cc1[nH]c2c(F)ccc(C)c2c1CCNC(=O)c1ccc(-c2cccc(CC#N)c2)cc1. The van der Waals surface area contributed by atoms with Gasteiger partial charge in [-0.25, -0.2) is 4.39 Å². The lowest BCUT2D eigenvalue weighted by Gasteiger charge is -2.08. The lowest BCUT2D eigenvalue weighted by Crippen LogP contribution is -2.25. The number of benzene rings is 3. The van der Waals surface area contributed by atoms with E-state index < -0.39 is 0 Å². The van der Waals surface area contributed by atoms with Gasteiger partial charge in [0, 0.05) is 23.2 Å². The van der Waals surface area contributed by atoms with E-state index in [1.54, 1.807) is 18.2 Å². The number of nitrogens with zero attached hydrogens (tertiary/aromatic N) is 1. The fourth-order valence-corrected chi connectivity index (χ4v) is 4.12. The van der Waals surface area contributed by atoms with Crippen LogP contribution < -0.4 is 5.32 Å². The van der Waals surface area contributed by atoms with Crippen LogP contribution in [-0.2, 0) is 12.8 Å². The van der Waals surface area contributed by atoms with Gasteiger partial charge in [0.1, 0.15) is 5.82 Å². The Morgan fingerprint density at radius 3 is 2.59 bits per heavy atom. The van der Waals surface area contributed by atoms with Crippen molar-refractivity contribution in [2.45, 2.75) is 26.7 Å². The standard InChI is InChI=1S/C27H24FN3O/c1-17-6-11-24(28)26-25(17)23(18(2)31-26)13-15-30-27(32)21-9-7-20(8-10-21)22-5-3-4-19(16-22)12-14-29/h3-11,16,31H,12-13,15H2,1-2H3,(H,30,32). The van der Waals surface area contributed by atoms with Crippen molar-refractivity contribution in [3.8, 4) is 17.2 Å². The van der Waals surface area contributed by atoms with Crippen molar-refractivity contribution in [3.63, 3.8) is 0 Å². The predicted octanol–water partition coefficient (Wildman–Crippen LogP) is 5.63. The average Bonchev–Trinajstić information content (AvgIpc) is 3.14. The number of halogens is 1. The first-order valence-corrected chi connectivity index (χ1v) is 10.6. The molecule has 1 amide bonds. The number of hydrogen-bond acceptors (Lipinski definition) is 2. The number of nitriles is 1. The van der Waals surface area contributed by atoms with Gasteiger partial charge < -0.3 is 10.3 Å². The zero-order valence-corrected chi connectivity index (χ0v) is 18.1. The van der Waals surface area contributed by atoms with Crippen LogP contribution in [0.2, 0.25) is 0 Å². The first-order valence-electron chi connectivity index (χ1n) is 10.6. The Morgan fingerprint density at radius 2 is 1.84 bits per heavy atom. The number of aromatic amines is 1. The van der Waals surface area contributed by atoms with E-state index in [0.717, 1.165) is 38.9 Å². The summed E-state index contributed by atoms with van der Waals surface area (Å²) in [6.45, 7) is 4.36. The van der Waals surface area contributed by atoms with Crippen LogP contribution in [0.25, 0.3) is 22.0 Å². The van der Waals surface area contributed by atoms with Crippen LogP contribution >= 0.6 is 0 Å². The molecule has 0 atom stereocenters. The maximum atomic E-state index is 14.1. The van der Waals surface area contributed by atoms with Crippen LogP contribution in [0, 0.1) is 31.0 Å². The van der Waals surface area contributed by atoms with E-state index in [9.17, 15) is 9.18 Å². The van der Waals surface area contributed by atoms with Crippen molar-refractivity contribution in [1.82, 2.24) is 10.3 Å². The summed E-state index contributed by atoms with van der Waals surface area (Å²) in [4.78, 5) is 15.7. The molecule has 0 aliphatic heterocycles. The van der Waals surface area contributed by atoms with Crippen LogP contribution in [0.3, 0.4) is 0 Å². The summed E-state index contributed by atoms with van der Waals surface area (Å²) in [6.07, 6.45) is 0.988. The highest BCUT2D eigenvalue weighted by molar-refractivity contribution is 5.95. The van der Waals surface area contributed by atoms with E-state index in [0.29, 0.717) is 30.5 Å². The summed E-state index contributed by atoms with van der Waals surface area (Å²) in [5.74, 6) is -0.405. The van der Waals surface area contributed by atoms with Crippen LogP contribution in [0.5, 0.6) is 0 Å². The van der Waals surface area contributed by atoms with E-state index in [1.165, 1.54) is 6.07 Å². The quantitative estimate of drug-likeness (QED) is 0.420. The molecule has 0 aliphatic rings. The van der Waals surface area contributed by atoms with Crippen LogP contribution in [0.1, 0.15) is 32.7 Å². The molecule has 1 heterocycles. The second-order valence-corrected chi connectivity index (χ2v) is 7.96. The highest BCUT2D eigenvalue weighted by Gasteiger charge is 2.14. The van der Waals surface area contributed by atoms with Gasteiger partial charge in [0.05, 0.1) is 18.0 Å². The molecular formula is C27H24FN3O. The van der Waals surface area contributed by atoms with Gasteiger partial charge in [0.2, 0.25) is 0 Å². The molecule has 5 heteroatoms. The summed E-state index contributed by atoms with van der Waals surface area (Å²) in [5, 5.41) is 12.8. The molecule has 2 N–H and O–H groups in total. The van der Waals surface area contributed by atoms with Crippen molar-refractivity contribution in [2.24, 2.45) is 0 Å². The maximum Gasteiger partial charge on any atom is 0.251 e. The normalized spacial score (nSPS) is 10.8. The summed E-state index contributed by atoms with van der Waals surface area (Å²) in [6, 6.07) is 20.7. The van der Waals surface area contributed by atoms with Crippen molar-refractivity contribution >= 4 is 16.8 Å². The molecule has 0 radical (unpaired) electrons. The van der Waals surface area contributed by atoms with Crippen molar-refractivity contribution in [2.75, 3.05) is 6.54 Å². The molecule has 160 valence electrons. The van der Waals surface area contributed by atoms with Crippen molar-refractivity contribution in [3.05, 3.63) is 94.4 Å². The molecular weight excluding hydrogens is 401 g/mol. The molecule has 0 saturated heterocycles. The molecule has 1 aromatic heterocycles. The van der Waals surface area contributed by atoms with Gasteiger partial charge in [0.25, 0.3) is 5.91 Å². The Kier molecular flexibility index (Phi) is 6.04. The second-order valence-electron chi connectivity index (χ2n) is 7.96. The fourth-order valence-electron chi connectivity index (χ4n) is 4.12. The van der Waals surface area contributed by atoms with Gasteiger partial charge in [-0.3, -0.25) is 4.79 Å². The zero-order chi connectivity index (χ0) is 22.7. The van der Waals surface area contributed by atoms with Crippen molar-refractivity contribution in [1.29, 1.82) is 5.26 Å². The van der Waals surface area contributed by atoms with Gasteiger partial charge in [-0.2, -0.15) is 5.26 Å². The lowest BCUT2D eigenvalue weighted by molar-refractivity contribution is 0.0954. The summed E-state index contributed by atoms with van der Waals surface area (Å²) in [5.41, 5.74) is 7.06. The predicted molar refractivity (Wildman–Crippen MR) is 125 cm³/mol. The number of amides is 1. The van der Waals surface area contributed by atoms with Crippen LogP contribution in [0.4, 0.5) is 4.39 Å². The number of aryl methyl sites for hydroxylation is 2. The first-order chi connectivity index (χ1) is 15.5. The first kappa shape index (κ1) is 21.3. The largest absolute Gasteiger partial charge is 0.356 e. The number of fused-ring (bicyclic) bond motifs is 1. The third kappa shape index (κ3) is 4.26. The molecule has 4 rings (SSSR count). The molecule has 0 bridgehead atoms. The van der Waals surface area contributed by atoms with E-state index in [2.05, 4.69) is 16.4 Å². The van der Waals surface area contributed by atoms with E-state index in [-0.39, 0.29) is 11.7 Å². The number of carbonyl (C=O) groups excluding carboxylic acids is 1. The third-order valence-electron chi connectivity index (χ3n) is 5.78. The highest BCUT2D eigenvalue weighted by atomic mass is 19.1. The van der Waals surface area contributed by atoms with E-state index >= 15 is 0 Å². The number of rotatable bonds is 6. The number of nitrogens with one attached hydrogen (secondary N) is 2.